The zero-order chi connectivity index (χ0) is 12.5. The van der Waals surface area contributed by atoms with Gasteiger partial charge in [-0.2, -0.15) is 0 Å². The van der Waals surface area contributed by atoms with Gasteiger partial charge in [-0.1, -0.05) is 32.1 Å². The number of hydrogen-bond acceptors (Lipinski definition) is 2. The van der Waals surface area contributed by atoms with Crippen LogP contribution < -0.4 is 11.1 Å². The van der Waals surface area contributed by atoms with E-state index in [1.807, 2.05) is 13.8 Å². The second-order valence-corrected chi connectivity index (χ2v) is 6.48. The van der Waals surface area contributed by atoms with Gasteiger partial charge in [0.1, 0.15) is 0 Å². The largest absolute Gasteiger partial charge is 0.350 e. The van der Waals surface area contributed by atoms with Gasteiger partial charge in [-0.05, 0) is 32.1 Å². The van der Waals surface area contributed by atoms with Crippen LogP contribution in [0.4, 0.5) is 0 Å². The van der Waals surface area contributed by atoms with Crippen molar-refractivity contribution in [2.24, 2.45) is 23.5 Å². The summed E-state index contributed by atoms with van der Waals surface area (Å²) in [5, 5.41) is 3.07. The van der Waals surface area contributed by atoms with Gasteiger partial charge in [0.2, 0.25) is 5.91 Å². The Balaban J connectivity index is 1.79. The van der Waals surface area contributed by atoms with Crippen LogP contribution in [0.25, 0.3) is 0 Å². The first kappa shape index (κ1) is 12.9. The Kier molecular flexibility index (Phi) is 3.76. The summed E-state index contributed by atoms with van der Waals surface area (Å²) in [5.41, 5.74) is 5.38. The fourth-order valence-electron chi connectivity index (χ4n) is 3.08. The molecule has 17 heavy (non-hydrogen) atoms. The minimum absolute atomic E-state index is 0.232. The van der Waals surface area contributed by atoms with Crippen LogP contribution in [0, 0.1) is 17.8 Å². The molecule has 2 unspecified atom stereocenters. The van der Waals surface area contributed by atoms with E-state index in [-0.39, 0.29) is 17.4 Å². The fourth-order valence-corrected chi connectivity index (χ4v) is 3.08. The molecule has 3 N–H and O–H groups in total. The lowest BCUT2D eigenvalue weighted by molar-refractivity contribution is -0.124. The van der Waals surface area contributed by atoms with Crippen LogP contribution in [-0.4, -0.2) is 18.0 Å². The molecule has 3 nitrogen and oxygen atoms in total. The summed E-state index contributed by atoms with van der Waals surface area (Å²) in [4.78, 5) is 12.1. The Morgan fingerprint density at radius 3 is 2.53 bits per heavy atom. The molecule has 0 aromatic heterocycles. The molecule has 0 aromatic rings. The monoisotopic (exact) mass is 238 g/mol. The molecule has 3 heteroatoms. The molecule has 0 spiro atoms. The number of amides is 1. The van der Waals surface area contributed by atoms with Gasteiger partial charge in [0, 0.05) is 18.0 Å². The number of hydrogen-bond donors (Lipinski definition) is 2. The second kappa shape index (κ2) is 4.97. The molecule has 1 amide bonds. The standard InChI is InChI=1S/C14H26N2O/c1-14(2,9-15)16-13(17)12-8-11(12)10-6-4-3-5-7-10/h10-12H,3-9,15H2,1-2H3,(H,16,17). The van der Waals surface area contributed by atoms with Crippen molar-refractivity contribution < 1.29 is 4.79 Å². The van der Waals surface area contributed by atoms with Crippen LogP contribution in [0.3, 0.4) is 0 Å². The Morgan fingerprint density at radius 1 is 1.29 bits per heavy atom. The topological polar surface area (TPSA) is 55.1 Å². The third kappa shape index (κ3) is 3.21. The quantitative estimate of drug-likeness (QED) is 0.787. The molecule has 2 aliphatic rings. The minimum Gasteiger partial charge on any atom is -0.350 e. The van der Waals surface area contributed by atoms with E-state index in [2.05, 4.69) is 5.32 Å². The van der Waals surface area contributed by atoms with Crippen molar-refractivity contribution in [2.75, 3.05) is 6.54 Å². The van der Waals surface area contributed by atoms with Crippen molar-refractivity contribution in [1.82, 2.24) is 5.32 Å². The van der Waals surface area contributed by atoms with E-state index in [9.17, 15) is 4.79 Å². The van der Waals surface area contributed by atoms with Crippen molar-refractivity contribution in [1.29, 1.82) is 0 Å². The summed E-state index contributed by atoms with van der Waals surface area (Å²) < 4.78 is 0. The third-order valence-corrected chi connectivity index (χ3v) is 4.40. The molecule has 2 aliphatic carbocycles. The molecule has 0 heterocycles. The summed E-state index contributed by atoms with van der Waals surface area (Å²) in [5.74, 6) is 2.00. The molecule has 0 aliphatic heterocycles. The lowest BCUT2D eigenvalue weighted by Gasteiger charge is -2.25. The average Bonchev–Trinajstić information content (AvgIpc) is 3.10. The molecule has 2 atom stereocenters. The van der Waals surface area contributed by atoms with Gasteiger partial charge in [-0.3, -0.25) is 4.79 Å². The van der Waals surface area contributed by atoms with Crippen molar-refractivity contribution in [2.45, 2.75) is 57.9 Å². The molecule has 0 saturated heterocycles. The van der Waals surface area contributed by atoms with Crippen LogP contribution in [-0.2, 0) is 4.79 Å². The van der Waals surface area contributed by atoms with Gasteiger partial charge >= 0.3 is 0 Å². The Bertz CT molecular complexity index is 282. The number of carbonyl (C=O) groups excluding carboxylic acids is 1. The SMILES string of the molecule is CC(C)(CN)NC(=O)C1CC1C1CCCCC1. The molecule has 2 fully saturated rings. The van der Waals surface area contributed by atoms with Crippen molar-refractivity contribution >= 4 is 5.91 Å². The average molecular weight is 238 g/mol. The normalized spacial score (nSPS) is 30.1. The highest BCUT2D eigenvalue weighted by Gasteiger charge is 2.48. The number of rotatable bonds is 4. The zero-order valence-corrected chi connectivity index (χ0v) is 11.2. The van der Waals surface area contributed by atoms with Crippen LogP contribution in [0.15, 0.2) is 0 Å². The molecule has 0 aromatic carbocycles. The molecule has 0 radical (unpaired) electrons. The summed E-state index contributed by atoms with van der Waals surface area (Å²) in [7, 11) is 0. The summed E-state index contributed by atoms with van der Waals surface area (Å²) in [6.45, 7) is 4.48. The van der Waals surface area contributed by atoms with E-state index in [0.717, 1.165) is 12.3 Å². The van der Waals surface area contributed by atoms with Crippen LogP contribution in [0.5, 0.6) is 0 Å². The maximum Gasteiger partial charge on any atom is 0.223 e. The summed E-state index contributed by atoms with van der Waals surface area (Å²) >= 11 is 0. The number of nitrogens with one attached hydrogen (secondary N) is 1. The van der Waals surface area contributed by atoms with Crippen LogP contribution in [0.2, 0.25) is 0 Å². The van der Waals surface area contributed by atoms with E-state index in [1.54, 1.807) is 0 Å². The van der Waals surface area contributed by atoms with E-state index in [1.165, 1.54) is 32.1 Å². The molecule has 2 saturated carbocycles. The predicted octanol–water partition coefficient (Wildman–Crippen LogP) is 2.06. The van der Waals surface area contributed by atoms with Gasteiger partial charge in [-0.15, -0.1) is 0 Å². The van der Waals surface area contributed by atoms with Crippen molar-refractivity contribution in [3.05, 3.63) is 0 Å². The highest BCUT2D eigenvalue weighted by atomic mass is 16.2. The van der Waals surface area contributed by atoms with Crippen molar-refractivity contribution in [3.63, 3.8) is 0 Å². The smallest absolute Gasteiger partial charge is 0.223 e. The van der Waals surface area contributed by atoms with E-state index < -0.39 is 0 Å². The second-order valence-electron chi connectivity index (χ2n) is 6.48. The minimum atomic E-state index is -0.253. The number of carbonyl (C=O) groups is 1. The van der Waals surface area contributed by atoms with Crippen LogP contribution >= 0.6 is 0 Å². The molecule has 0 bridgehead atoms. The zero-order valence-electron chi connectivity index (χ0n) is 11.2. The first-order chi connectivity index (χ1) is 8.03. The lowest BCUT2D eigenvalue weighted by Crippen LogP contribution is -2.49. The first-order valence-corrected chi connectivity index (χ1v) is 7.05. The molecule has 2 rings (SSSR count). The van der Waals surface area contributed by atoms with Gasteiger partial charge < -0.3 is 11.1 Å². The van der Waals surface area contributed by atoms with Gasteiger partial charge in [0.25, 0.3) is 0 Å². The maximum atomic E-state index is 12.1. The molecular weight excluding hydrogens is 212 g/mol. The maximum absolute atomic E-state index is 12.1. The third-order valence-electron chi connectivity index (χ3n) is 4.40. The van der Waals surface area contributed by atoms with Crippen molar-refractivity contribution in [3.8, 4) is 0 Å². The van der Waals surface area contributed by atoms with E-state index in [0.29, 0.717) is 12.5 Å². The molecule has 98 valence electrons. The van der Waals surface area contributed by atoms with E-state index >= 15 is 0 Å². The van der Waals surface area contributed by atoms with Crippen LogP contribution in [0.1, 0.15) is 52.4 Å². The fraction of sp³-hybridized carbons (Fsp3) is 0.929. The van der Waals surface area contributed by atoms with E-state index in [4.69, 9.17) is 5.73 Å². The Labute approximate surface area is 105 Å². The summed E-state index contributed by atoms with van der Waals surface area (Å²) in [6, 6.07) is 0. The Morgan fingerprint density at radius 2 is 1.94 bits per heavy atom. The predicted molar refractivity (Wildman–Crippen MR) is 69.4 cm³/mol. The van der Waals surface area contributed by atoms with Gasteiger partial charge in [0.05, 0.1) is 0 Å². The highest BCUT2D eigenvalue weighted by Crippen LogP contribution is 2.49. The molecular formula is C14H26N2O. The summed E-state index contributed by atoms with van der Waals surface area (Å²) in [6.07, 6.45) is 7.91. The van der Waals surface area contributed by atoms with Gasteiger partial charge in [-0.25, -0.2) is 0 Å². The Hall–Kier alpha value is -0.570. The number of nitrogens with two attached hydrogens (primary N) is 1. The lowest BCUT2D eigenvalue weighted by atomic mass is 9.85. The highest BCUT2D eigenvalue weighted by molar-refractivity contribution is 5.82. The van der Waals surface area contributed by atoms with Gasteiger partial charge in [0.15, 0.2) is 0 Å². The first-order valence-electron chi connectivity index (χ1n) is 7.05.